The summed E-state index contributed by atoms with van der Waals surface area (Å²) in [4.78, 5) is 25.2. The van der Waals surface area contributed by atoms with E-state index in [1.54, 1.807) is 0 Å². The van der Waals surface area contributed by atoms with Gasteiger partial charge in [0.2, 0.25) is 0 Å². The Labute approximate surface area is 163 Å². The molecular formula is C18H25ClN4O4. The van der Waals surface area contributed by atoms with Gasteiger partial charge < -0.3 is 15.4 Å². The molecule has 1 saturated heterocycles. The number of nitro groups is 1. The van der Waals surface area contributed by atoms with Gasteiger partial charge in [0.1, 0.15) is 0 Å². The molecule has 0 bridgehead atoms. The number of rotatable bonds is 5. The number of non-ortho nitro benzene ring substituents is 1. The second-order valence-corrected chi connectivity index (χ2v) is 7.56. The molecule has 27 heavy (non-hydrogen) atoms. The van der Waals surface area contributed by atoms with Gasteiger partial charge in [-0.05, 0) is 25.8 Å². The number of urea groups is 1. The van der Waals surface area contributed by atoms with E-state index < -0.39 is 4.92 Å². The molecule has 1 aliphatic carbocycles. The van der Waals surface area contributed by atoms with E-state index in [4.69, 9.17) is 16.3 Å². The molecule has 1 atom stereocenters. The maximum Gasteiger partial charge on any atom is 0.319 e. The Bertz CT molecular complexity index is 703. The van der Waals surface area contributed by atoms with Crippen LogP contribution in [-0.2, 0) is 4.74 Å². The molecule has 2 fully saturated rings. The third-order valence-corrected chi connectivity index (χ3v) is 5.99. The minimum atomic E-state index is -0.524. The third-order valence-electron chi connectivity index (χ3n) is 5.68. The van der Waals surface area contributed by atoms with Crippen LogP contribution in [0.2, 0.25) is 5.02 Å². The zero-order chi connectivity index (χ0) is 19.4. The van der Waals surface area contributed by atoms with Crippen LogP contribution in [0.3, 0.4) is 0 Å². The molecule has 0 spiro atoms. The van der Waals surface area contributed by atoms with E-state index in [1.807, 2.05) is 6.92 Å². The highest BCUT2D eigenvalue weighted by molar-refractivity contribution is 6.33. The van der Waals surface area contributed by atoms with E-state index in [-0.39, 0.29) is 28.3 Å². The standard InChI is InChI=1S/C18H25ClN4O4/c1-13(18(6-2-3-7-18)22-8-10-27-11-9-22)20-17(24)21-16-5-4-14(23(25)26)12-15(16)19/h4-5,12-13H,2-3,6-11H2,1H3,(H2,20,21,24)/t13-/m1/s1. The van der Waals surface area contributed by atoms with Crippen molar-refractivity contribution >= 4 is 29.0 Å². The number of ether oxygens (including phenoxy) is 1. The number of halogens is 1. The average molecular weight is 397 g/mol. The van der Waals surface area contributed by atoms with Crippen LogP contribution in [-0.4, -0.2) is 53.7 Å². The smallest absolute Gasteiger partial charge is 0.319 e. The lowest BCUT2D eigenvalue weighted by Gasteiger charge is -2.47. The van der Waals surface area contributed by atoms with Crippen LogP contribution in [0.4, 0.5) is 16.2 Å². The fourth-order valence-corrected chi connectivity index (χ4v) is 4.45. The SMILES string of the molecule is C[C@@H](NC(=O)Nc1ccc([N+](=O)[O-])cc1Cl)C1(N2CCOCC2)CCCC1. The summed E-state index contributed by atoms with van der Waals surface area (Å²) >= 11 is 6.06. The van der Waals surface area contributed by atoms with E-state index in [9.17, 15) is 14.9 Å². The number of hydrogen-bond acceptors (Lipinski definition) is 5. The van der Waals surface area contributed by atoms with Crippen LogP contribution in [0.15, 0.2) is 18.2 Å². The lowest BCUT2D eigenvalue weighted by atomic mass is 9.86. The van der Waals surface area contributed by atoms with Crippen molar-refractivity contribution in [1.29, 1.82) is 0 Å². The Balaban J connectivity index is 1.66. The fourth-order valence-electron chi connectivity index (χ4n) is 4.23. The third kappa shape index (κ3) is 4.34. The highest BCUT2D eigenvalue weighted by atomic mass is 35.5. The van der Waals surface area contributed by atoms with Gasteiger partial charge in [0.25, 0.3) is 5.69 Å². The molecule has 148 valence electrons. The minimum Gasteiger partial charge on any atom is -0.379 e. The molecule has 1 heterocycles. The summed E-state index contributed by atoms with van der Waals surface area (Å²) < 4.78 is 5.48. The van der Waals surface area contributed by atoms with E-state index >= 15 is 0 Å². The predicted molar refractivity (Wildman–Crippen MR) is 103 cm³/mol. The molecule has 1 saturated carbocycles. The van der Waals surface area contributed by atoms with Crippen molar-refractivity contribution < 1.29 is 14.5 Å². The topological polar surface area (TPSA) is 96.7 Å². The number of nitrogens with zero attached hydrogens (tertiary/aromatic N) is 2. The second kappa shape index (κ2) is 8.41. The van der Waals surface area contributed by atoms with E-state index in [2.05, 4.69) is 15.5 Å². The Morgan fingerprint density at radius 2 is 2.00 bits per heavy atom. The number of anilines is 1. The first-order valence-corrected chi connectivity index (χ1v) is 9.64. The molecule has 2 amide bonds. The number of amides is 2. The Morgan fingerprint density at radius 1 is 1.33 bits per heavy atom. The maximum atomic E-state index is 12.5. The van der Waals surface area contributed by atoms with E-state index in [0.717, 1.165) is 52.0 Å². The van der Waals surface area contributed by atoms with Gasteiger partial charge in [0.05, 0.1) is 28.8 Å². The molecule has 1 aromatic carbocycles. The van der Waals surface area contributed by atoms with E-state index in [1.165, 1.54) is 18.2 Å². The summed E-state index contributed by atoms with van der Waals surface area (Å²) in [7, 11) is 0. The van der Waals surface area contributed by atoms with Crippen molar-refractivity contribution in [3.8, 4) is 0 Å². The van der Waals surface area contributed by atoms with Gasteiger partial charge in [-0.25, -0.2) is 4.79 Å². The summed E-state index contributed by atoms with van der Waals surface area (Å²) in [6.07, 6.45) is 4.40. The van der Waals surface area contributed by atoms with Gasteiger partial charge in [-0.3, -0.25) is 15.0 Å². The number of nitro benzene ring substituents is 1. The van der Waals surface area contributed by atoms with Crippen molar-refractivity contribution in [2.24, 2.45) is 0 Å². The first kappa shape index (κ1) is 19.9. The first-order chi connectivity index (χ1) is 12.9. The average Bonchev–Trinajstić information content (AvgIpc) is 3.15. The summed E-state index contributed by atoms with van der Waals surface area (Å²) in [5.41, 5.74) is 0.177. The van der Waals surface area contributed by atoms with Crippen LogP contribution < -0.4 is 10.6 Å². The van der Waals surface area contributed by atoms with Crippen molar-refractivity contribution in [2.75, 3.05) is 31.6 Å². The molecule has 0 unspecified atom stereocenters. The maximum absolute atomic E-state index is 12.5. The predicted octanol–water partition coefficient (Wildman–Crippen LogP) is 3.40. The number of hydrogen-bond donors (Lipinski definition) is 2. The molecule has 0 radical (unpaired) electrons. The molecule has 8 nitrogen and oxygen atoms in total. The molecule has 2 N–H and O–H groups in total. The van der Waals surface area contributed by atoms with Crippen molar-refractivity contribution in [3.63, 3.8) is 0 Å². The van der Waals surface area contributed by atoms with Crippen LogP contribution in [0.25, 0.3) is 0 Å². The first-order valence-electron chi connectivity index (χ1n) is 9.27. The molecule has 0 aromatic heterocycles. The van der Waals surface area contributed by atoms with Crippen molar-refractivity contribution in [2.45, 2.75) is 44.2 Å². The van der Waals surface area contributed by atoms with Gasteiger partial charge in [-0.1, -0.05) is 24.4 Å². The minimum absolute atomic E-state index is 0.0464. The number of carbonyl (C=O) groups excluding carboxylic acids is 1. The molecule has 1 aromatic rings. The van der Waals surface area contributed by atoms with Gasteiger partial charge in [-0.15, -0.1) is 0 Å². The van der Waals surface area contributed by atoms with Crippen LogP contribution in [0.1, 0.15) is 32.6 Å². The molecular weight excluding hydrogens is 372 g/mol. The molecule has 1 aliphatic heterocycles. The summed E-state index contributed by atoms with van der Waals surface area (Å²) in [5.74, 6) is 0. The van der Waals surface area contributed by atoms with Crippen LogP contribution in [0.5, 0.6) is 0 Å². The number of benzene rings is 1. The molecule has 9 heteroatoms. The van der Waals surface area contributed by atoms with Crippen LogP contribution in [0, 0.1) is 10.1 Å². The summed E-state index contributed by atoms with van der Waals surface area (Å²) in [6, 6.07) is 3.58. The highest BCUT2D eigenvalue weighted by Crippen LogP contribution is 2.38. The molecule has 2 aliphatic rings. The highest BCUT2D eigenvalue weighted by Gasteiger charge is 2.45. The van der Waals surface area contributed by atoms with Gasteiger partial charge in [-0.2, -0.15) is 0 Å². The van der Waals surface area contributed by atoms with Gasteiger partial charge >= 0.3 is 6.03 Å². The number of morpholine rings is 1. The fraction of sp³-hybridized carbons (Fsp3) is 0.611. The quantitative estimate of drug-likeness (QED) is 0.587. The van der Waals surface area contributed by atoms with Crippen molar-refractivity contribution in [3.05, 3.63) is 33.3 Å². The number of carbonyl (C=O) groups is 1. The summed E-state index contributed by atoms with van der Waals surface area (Å²) in [5, 5.41) is 16.7. The normalized spacial score (nSPS) is 20.8. The molecule has 3 rings (SSSR count). The Morgan fingerprint density at radius 3 is 2.59 bits per heavy atom. The van der Waals surface area contributed by atoms with Crippen LogP contribution >= 0.6 is 11.6 Å². The van der Waals surface area contributed by atoms with Gasteiger partial charge in [0.15, 0.2) is 0 Å². The number of nitrogens with one attached hydrogen (secondary N) is 2. The van der Waals surface area contributed by atoms with Gasteiger partial charge in [0, 0.05) is 36.8 Å². The lowest BCUT2D eigenvalue weighted by Crippen LogP contribution is -2.62. The second-order valence-electron chi connectivity index (χ2n) is 7.15. The largest absolute Gasteiger partial charge is 0.379 e. The monoisotopic (exact) mass is 396 g/mol. The Hall–Kier alpha value is -1.90. The lowest BCUT2D eigenvalue weighted by molar-refractivity contribution is -0.384. The van der Waals surface area contributed by atoms with Crippen molar-refractivity contribution in [1.82, 2.24) is 10.2 Å². The van der Waals surface area contributed by atoms with E-state index in [0.29, 0.717) is 5.69 Å². The zero-order valence-electron chi connectivity index (χ0n) is 15.4. The Kier molecular flexibility index (Phi) is 6.18. The summed E-state index contributed by atoms with van der Waals surface area (Å²) in [6.45, 7) is 5.24. The zero-order valence-corrected chi connectivity index (χ0v) is 16.1.